The Morgan fingerprint density at radius 3 is 2.46 bits per heavy atom. The number of methoxy groups -OCH3 is 3. The first-order valence-electron chi connectivity index (χ1n) is 11.0. The minimum absolute atomic E-state index is 0.151. The number of aromatic nitrogens is 6. The highest BCUT2D eigenvalue weighted by molar-refractivity contribution is 5.83. The van der Waals surface area contributed by atoms with Gasteiger partial charge in [-0.05, 0) is 29.7 Å². The first kappa shape index (κ1) is 22.5. The molecule has 0 N–H and O–H groups in total. The number of rotatable bonds is 8. The summed E-state index contributed by atoms with van der Waals surface area (Å²) in [7, 11) is 4.80. The molecule has 5 aromatic rings. The first-order valence-corrected chi connectivity index (χ1v) is 11.0. The lowest BCUT2D eigenvalue weighted by Gasteiger charge is -2.10. The molecule has 178 valence electrons. The summed E-state index contributed by atoms with van der Waals surface area (Å²) in [6.45, 7) is 0.706. The average molecular weight is 473 g/mol. The second-order valence-electron chi connectivity index (χ2n) is 7.91. The molecule has 0 saturated heterocycles. The summed E-state index contributed by atoms with van der Waals surface area (Å²) in [5.74, 6) is 1.30. The summed E-state index contributed by atoms with van der Waals surface area (Å²) < 4.78 is 19.1. The fourth-order valence-electron chi connectivity index (χ4n) is 4.09. The molecule has 0 fully saturated rings. The Labute approximate surface area is 200 Å². The molecule has 0 atom stereocenters. The molecule has 5 rings (SSSR count). The highest BCUT2D eigenvalue weighted by Crippen LogP contribution is 2.29. The van der Waals surface area contributed by atoms with Gasteiger partial charge in [-0.3, -0.25) is 9.36 Å². The molecular weight excluding hydrogens is 448 g/mol. The van der Waals surface area contributed by atoms with Gasteiger partial charge in [0.1, 0.15) is 6.33 Å². The third-order valence-electron chi connectivity index (χ3n) is 5.81. The lowest BCUT2D eigenvalue weighted by molar-refractivity contribution is 0.181. The molecule has 3 aromatic heterocycles. The summed E-state index contributed by atoms with van der Waals surface area (Å²) in [4.78, 5) is 17.7. The van der Waals surface area contributed by atoms with Crippen molar-refractivity contribution in [2.45, 2.75) is 19.6 Å². The Balaban J connectivity index is 1.53. The van der Waals surface area contributed by atoms with E-state index in [4.69, 9.17) is 14.2 Å². The minimum atomic E-state index is -0.282. The van der Waals surface area contributed by atoms with Crippen LogP contribution < -0.4 is 15.0 Å². The van der Waals surface area contributed by atoms with Gasteiger partial charge in [-0.1, -0.05) is 36.4 Å². The van der Waals surface area contributed by atoms with Gasteiger partial charge in [-0.2, -0.15) is 9.61 Å². The molecule has 0 aliphatic rings. The zero-order chi connectivity index (χ0) is 24.4. The van der Waals surface area contributed by atoms with Crippen LogP contribution in [-0.4, -0.2) is 50.7 Å². The normalized spacial score (nSPS) is 11.3. The fourth-order valence-corrected chi connectivity index (χ4v) is 4.09. The third-order valence-corrected chi connectivity index (χ3v) is 5.81. The molecule has 0 saturated carbocycles. The van der Waals surface area contributed by atoms with Gasteiger partial charge >= 0.3 is 0 Å². The zero-order valence-electron chi connectivity index (χ0n) is 19.6. The van der Waals surface area contributed by atoms with Crippen LogP contribution in [-0.2, 0) is 24.3 Å². The van der Waals surface area contributed by atoms with Gasteiger partial charge in [0.25, 0.3) is 5.56 Å². The van der Waals surface area contributed by atoms with Crippen LogP contribution in [0.3, 0.4) is 0 Å². The Hall–Kier alpha value is -4.31. The van der Waals surface area contributed by atoms with Crippen molar-refractivity contribution in [3.05, 3.63) is 76.5 Å². The number of hydrogen-bond acceptors (Lipinski definition) is 8. The molecule has 35 heavy (non-hydrogen) atoms. The van der Waals surface area contributed by atoms with Crippen LogP contribution in [0.1, 0.15) is 11.3 Å². The maximum atomic E-state index is 13.2. The summed E-state index contributed by atoms with van der Waals surface area (Å²) in [5.41, 5.74) is 4.17. The first-order chi connectivity index (χ1) is 17.1. The minimum Gasteiger partial charge on any atom is -0.493 e. The van der Waals surface area contributed by atoms with Gasteiger partial charge in [0, 0.05) is 13.7 Å². The summed E-state index contributed by atoms with van der Waals surface area (Å²) in [5, 5.41) is 13.3. The van der Waals surface area contributed by atoms with Crippen molar-refractivity contribution in [1.82, 2.24) is 29.4 Å². The highest BCUT2D eigenvalue weighted by atomic mass is 16.5. The van der Waals surface area contributed by atoms with E-state index in [0.29, 0.717) is 41.5 Å². The number of nitrogens with zero attached hydrogens (tertiary/aromatic N) is 6. The molecule has 10 heteroatoms. The van der Waals surface area contributed by atoms with Crippen molar-refractivity contribution >= 4 is 16.8 Å². The predicted molar refractivity (Wildman–Crippen MR) is 130 cm³/mol. The van der Waals surface area contributed by atoms with Crippen molar-refractivity contribution in [3.8, 4) is 22.6 Å². The third kappa shape index (κ3) is 4.08. The van der Waals surface area contributed by atoms with Gasteiger partial charge in [0.2, 0.25) is 0 Å². The molecule has 2 aromatic carbocycles. The smallest absolute Gasteiger partial charge is 0.283 e. The average Bonchev–Trinajstić information content (AvgIpc) is 3.27. The van der Waals surface area contributed by atoms with Gasteiger partial charge in [-0.15, -0.1) is 10.2 Å². The number of benzene rings is 2. The van der Waals surface area contributed by atoms with E-state index < -0.39 is 0 Å². The Morgan fingerprint density at radius 2 is 1.71 bits per heavy atom. The van der Waals surface area contributed by atoms with Crippen molar-refractivity contribution < 1.29 is 14.2 Å². The van der Waals surface area contributed by atoms with Gasteiger partial charge in [0.15, 0.2) is 28.3 Å². The van der Waals surface area contributed by atoms with Gasteiger partial charge < -0.3 is 14.2 Å². The molecule has 3 heterocycles. The fraction of sp³-hybridized carbons (Fsp3) is 0.240. The van der Waals surface area contributed by atoms with E-state index in [1.807, 2.05) is 48.5 Å². The second-order valence-corrected chi connectivity index (χ2v) is 7.91. The van der Waals surface area contributed by atoms with E-state index in [-0.39, 0.29) is 17.7 Å². The topological polar surface area (TPSA) is 106 Å². The van der Waals surface area contributed by atoms with E-state index in [0.717, 1.165) is 16.7 Å². The molecule has 0 aliphatic carbocycles. The lowest BCUT2D eigenvalue weighted by Crippen LogP contribution is -2.24. The van der Waals surface area contributed by atoms with E-state index in [1.165, 1.54) is 10.9 Å². The van der Waals surface area contributed by atoms with Crippen molar-refractivity contribution in [2.75, 3.05) is 21.3 Å². The lowest BCUT2D eigenvalue weighted by atomic mass is 10.1. The maximum absolute atomic E-state index is 13.2. The van der Waals surface area contributed by atoms with Crippen LogP contribution in [0.4, 0.5) is 0 Å². The second kappa shape index (κ2) is 9.51. The van der Waals surface area contributed by atoms with E-state index >= 15 is 0 Å². The Morgan fingerprint density at radius 1 is 0.914 bits per heavy atom. The molecule has 10 nitrogen and oxygen atoms in total. The number of fused-ring (bicyclic) bond motifs is 3. The standard InChI is InChI=1S/C25H24N6O4/c1-33-14-18-21(17-7-5-4-6-8-17)23-28-27-22-24(31(23)29-18)26-15-30(25(22)32)12-11-16-9-10-19(34-2)20(13-16)35-3/h4-10,13,15H,11-12,14H2,1-3H3. The molecule has 0 spiro atoms. The number of hydrogen-bond donors (Lipinski definition) is 0. The zero-order valence-corrected chi connectivity index (χ0v) is 19.6. The van der Waals surface area contributed by atoms with Crippen LogP contribution in [0.5, 0.6) is 11.5 Å². The van der Waals surface area contributed by atoms with Crippen LogP contribution in [0, 0.1) is 0 Å². The Bertz CT molecular complexity index is 1560. The quantitative estimate of drug-likeness (QED) is 0.339. The van der Waals surface area contributed by atoms with Gasteiger partial charge in [-0.25, -0.2) is 4.98 Å². The molecular formula is C25H24N6O4. The number of ether oxygens (including phenoxy) is 3. The van der Waals surface area contributed by atoms with Crippen molar-refractivity contribution in [1.29, 1.82) is 0 Å². The van der Waals surface area contributed by atoms with Gasteiger partial charge in [0.05, 0.1) is 32.1 Å². The van der Waals surface area contributed by atoms with E-state index in [9.17, 15) is 4.79 Å². The molecule has 0 amide bonds. The monoisotopic (exact) mass is 472 g/mol. The summed E-state index contributed by atoms with van der Waals surface area (Å²) in [6, 6.07) is 15.5. The largest absolute Gasteiger partial charge is 0.493 e. The molecule has 0 unspecified atom stereocenters. The Kier molecular flexibility index (Phi) is 6.11. The molecule has 0 bridgehead atoms. The maximum Gasteiger partial charge on any atom is 0.283 e. The summed E-state index contributed by atoms with van der Waals surface area (Å²) in [6.07, 6.45) is 2.12. The SMILES string of the molecule is COCc1nn2c(nnc3c(=O)n(CCc4ccc(OC)c(OC)c4)cnc32)c1-c1ccccc1. The van der Waals surface area contributed by atoms with Crippen LogP contribution >= 0.6 is 0 Å². The highest BCUT2D eigenvalue weighted by Gasteiger charge is 2.20. The number of aryl methyl sites for hydroxylation is 2. The van der Waals surface area contributed by atoms with Crippen LogP contribution in [0.15, 0.2) is 59.7 Å². The van der Waals surface area contributed by atoms with E-state index in [2.05, 4.69) is 20.3 Å². The van der Waals surface area contributed by atoms with Crippen molar-refractivity contribution in [3.63, 3.8) is 0 Å². The van der Waals surface area contributed by atoms with E-state index in [1.54, 1.807) is 25.8 Å². The summed E-state index contributed by atoms with van der Waals surface area (Å²) >= 11 is 0. The van der Waals surface area contributed by atoms with Crippen LogP contribution in [0.25, 0.3) is 27.9 Å². The van der Waals surface area contributed by atoms with Crippen LogP contribution in [0.2, 0.25) is 0 Å². The molecule has 0 aliphatic heterocycles. The van der Waals surface area contributed by atoms with Crippen molar-refractivity contribution in [2.24, 2.45) is 0 Å². The predicted octanol–water partition coefficient (Wildman–Crippen LogP) is 2.91. The molecule has 0 radical (unpaired) electrons.